The summed E-state index contributed by atoms with van der Waals surface area (Å²) in [6.07, 6.45) is -0.0527. The smallest absolute Gasteiger partial charge is 0.276 e. The van der Waals surface area contributed by atoms with E-state index in [1.165, 1.54) is 11.8 Å². The van der Waals surface area contributed by atoms with Gasteiger partial charge in [-0.25, -0.2) is 0 Å². The molecule has 0 unspecified atom stereocenters. The number of hydrazine groups is 1. The number of ether oxygens (including phenoxy) is 1. The van der Waals surface area contributed by atoms with Crippen LogP contribution in [0.3, 0.4) is 0 Å². The van der Waals surface area contributed by atoms with Crippen molar-refractivity contribution in [2.45, 2.75) is 30.4 Å². The van der Waals surface area contributed by atoms with Gasteiger partial charge >= 0.3 is 0 Å². The normalized spacial score (nSPS) is 15.2. The van der Waals surface area contributed by atoms with Crippen LogP contribution in [0.4, 0.5) is 5.69 Å². The van der Waals surface area contributed by atoms with E-state index in [9.17, 15) is 14.4 Å². The van der Waals surface area contributed by atoms with E-state index in [1.807, 2.05) is 56.3 Å². The van der Waals surface area contributed by atoms with Gasteiger partial charge in [-0.2, -0.15) is 0 Å². The predicted molar refractivity (Wildman–Crippen MR) is 107 cm³/mol. The quantitative estimate of drug-likeness (QED) is 0.671. The molecule has 0 fully saturated rings. The number of hydrogen-bond acceptors (Lipinski definition) is 5. The zero-order valence-corrected chi connectivity index (χ0v) is 16.4. The van der Waals surface area contributed by atoms with Crippen LogP contribution in [0.1, 0.15) is 17.5 Å². The van der Waals surface area contributed by atoms with Crippen molar-refractivity contribution >= 4 is 35.2 Å². The van der Waals surface area contributed by atoms with E-state index >= 15 is 0 Å². The van der Waals surface area contributed by atoms with E-state index in [0.717, 1.165) is 21.7 Å². The van der Waals surface area contributed by atoms with Crippen LogP contribution in [-0.2, 0) is 14.4 Å². The number of thioether (sulfide) groups is 1. The minimum absolute atomic E-state index is 0.0527. The van der Waals surface area contributed by atoms with Gasteiger partial charge in [0.25, 0.3) is 5.91 Å². The molecule has 0 aliphatic carbocycles. The summed E-state index contributed by atoms with van der Waals surface area (Å²) in [6.45, 7) is 3.57. The molecule has 1 aliphatic rings. The van der Waals surface area contributed by atoms with Gasteiger partial charge in [-0.3, -0.25) is 25.2 Å². The van der Waals surface area contributed by atoms with Crippen LogP contribution in [0.5, 0.6) is 5.75 Å². The highest BCUT2D eigenvalue weighted by Crippen LogP contribution is 2.36. The summed E-state index contributed by atoms with van der Waals surface area (Å²) in [5.41, 5.74) is 7.24. The van der Waals surface area contributed by atoms with E-state index in [-0.39, 0.29) is 18.9 Å². The van der Waals surface area contributed by atoms with Gasteiger partial charge in [0.15, 0.2) is 6.61 Å². The molecule has 1 heterocycles. The summed E-state index contributed by atoms with van der Waals surface area (Å²) in [4.78, 5) is 37.1. The molecule has 3 amide bonds. The number of aryl methyl sites for hydroxylation is 2. The Kier molecular flexibility index (Phi) is 6.20. The highest BCUT2D eigenvalue weighted by molar-refractivity contribution is 8.01. The Morgan fingerprint density at radius 1 is 1.04 bits per heavy atom. The zero-order chi connectivity index (χ0) is 20.1. The Morgan fingerprint density at radius 3 is 2.46 bits per heavy atom. The highest BCUT2D eigenvalue weighted by atomic mass is 32.2. The van der Waals surface area contributed by atoms with Crippen molar-refractivity contribution in [3.05, 3.63) is 53.6 Å². The number of hydrogen-bond donors (Lipinski definition) is 3. The molecule has 0 radical (unpaired) electrons. The highest BCUT2D eigenvalue weighted by Gasteiger charge is 2.28. The molecule has 2 aromatic rings. The summed E-state index contributed by atoms with van der Waals surface area (Å²) in [6, 6.07) is 13.1. The molecule has 2 aromatic carbocycles. The second-order valence-electron chi connectivity index (χ2n) is 6.40. The lowest BCUT2D eigenvalue weighted by molar-refractivity contribution is -0.130. The number of carbonyl (C=O) groups excluding carboxylic acids is 3. The van der Waals surface area contributed by atoms with Crippen molar-refractivity contribution in [1.29, 1.82) is 0 Å². The monoisotopic (exact) mass is 399 g/mol. The van der Waals surface area contributed by atoms with E-state index in [2.05, 4.69) is 16.2 Å². The Morgan fingerprint density at radius 2 is 1.71 bits per heavy atom. The van der Waals surface area contributed by atoms with Crippen LogP contribution < -0.4 is 20.9 Å². The minimum atomic E-state index is -0.558. The molecule has 3 N–H and O–H groups in total. The first kappa shape index (κ1) is 19.8. The van der Waals surface area contributed by atoms with Gasteiger partial charge in [0.2, 0.25) is 11.8 Å². The lowest BCUT2D eigenvalue weighted by Crippen LogP contribution is -2.45. The zero-order valence-electron chi connectivity index (χ0n) is 15.6. The fourth-order valence-electron chi connectivity index (χ4n) is 2.79. The Balaban J connectivity index is 1.45. The van der Waals surface area contributed by atoms with Gasteiger partial charge < -0.3 is 10.1 Å². The Labute approximate surface area is 167 Å². The average Bonchev–Trinajstić information content (AvgIpc) is 2.66. The van der Waals surface area contributed by atoms with Crippen LogP contribution in [-0.4, -0.2) is 29.6 Å². The van der Waals surface area contributed by atoms with Crippen molar-refractivity contribution in [2.24, 2.45) is 0 Å². The van der Waals surface area contributed by atoms with Gasteiger partial charge in [0, 0.05) is 11.3 Å². The maximum atomic E-state index is 12.1. The van der Waals surface area contributed by atoms with Gasteiger partial charge in [0.1, 0.15) is 5.75 Å². The Bertz CT molecular complexity index is 896. The number of nitrogens with one attached hydrogen (secondary N) is 3. The molecule has 8 heteroatoms. The molecule has 1 atom stereocenters. The second kappa shape index (κ2) is 8.79. The third-order valence-corrected chi connectivity index (χ3v) is 5.45. The largest absolute Gasteiger partial charge is 0.483 e. The van der Waals surface area contributed by atoms with E-state index < -0.39 is 17.1 Å². The van der Waals surface area contributed by atoms with Gasteiger partial charge in [-0.05, 0) is 37.1 Å². The lowest BCUT2D eigenvalue weighted by atomic mass is 10.1. The number of anilines is 1. The van der Waals surface area contributed by atoms with Crippen LogP contribution in [0.2, 0.25) is 0 Å². The molecule has 7 nitrogen and oxygen atoms in total. The number of fused-ring (bicyclic) bond motifs is 1. The van der Waals surface area contributed by atoms with E-state index in [4.69, 9.17) is 4.74 Å². The third-order valence-electron chi connectivity index (χ3n) is 4.18. The van der Waals surface area contributed by atoms with Crippen LogP contribution in [0.15, 0.2) is 47.4 Å². The van der Waals surface area contributed by atoms with E-state index in [1.54, 1.807) is 0 Å². The molecule has 0 bridgehead atoms. The van der Waals surface area contributed by atoms with E-state index in [0.29, 0.717) is 5.75 Å². The number of carbonyl (C=O) groups is 3. The number of benzene rings is 2. The van der Waals surface area contributed by atoms with Gasteiger partial charge in [-0.15, -0.1) is 11.8 Å². The molecule has 0 spiro atoms. The third kappa shape index (κ3) is 4.83. The van der Waals surface area contributed by atoms with Crippen molar-refractivity contribution in [2.75, 3.05) is 11.9 Å². The number of rotatable bonds is 5. The topological polar surface area (TPSA) is 96.5 Å². The summed E-state index contributed by atoms with van der Waals surface area (Å²) in [5.74, 6) is -0.518. The molecule has 146 valence electrons. The molecule has 0 aromatic heterocycles. The van der Waals surface area contributed by atoms with Gasteiger partial charge in [0.05, 0.1) is 10.9 Å². The fraction of sp³-hybridized carbons (Fsp3) is 0.250. The summed E-state index contributed by atoms with van der Waals surface area (Å²) in [5, 5.41) is 2.22. The predicted octanol–water partition coefficient (Wildman–Crippen LogP) is 2.33. The fourth-order valence-corrected chi connectivity index (χ4v) is 3.90. The maximum Gasteiger partial charge on any atom is 0.276 e. The molecule has 0 saturated heterocycles. The first-order valence-corrected chi connectivity index (χ1v) is 9.65. The Hall–Kier alpha value is -3.00. The second-order valence-corrected chi connectivity index (χ2v) is 7.65. The molecular formula is C20H21N3O4S. The van der Waals surface area contributed by atoms with Crippen LogP contribution in [0.25, 0.3) is 0 Å². The minimum Gasteiger partial charge on any atom is -0.483 e. The lowest BCUT2D eigenvalue weighted by Gasteiger charge is -2.23. The summed E-state index contributed by atoms with van der Waals surface area (Å²) < 4.78 is 5.54. The molecule has 3 rings (SSSR count). The van der Waals surface area contributed by atoms with Crippen molar-refractivity contribution in [3.63, 3.8) is 0 Å². The SMILES string of the molecule is Cc1cccc(C)c1OCC(=O)NNC(=O)C[C@H]1Sc2ccccc2NC1=O. The number of amides is 3. The van der Waals surface area contributed by atoms with Crippen molar-refractivity contribution < 1.29 is 19.1 Å². The van der Waals surface area contributed by atoms with Gasteiger partial charge in [-0.1, -0.05) is 30.3 Å². The molecule has 28 heavy (non-hydrogen) atoms. The first-order valence-electron chi connectivity index (χ1n) is 8.77. The van der Waals surface area contributed by atoms with Crippen molar-refractivity contribution in [1.82, 2.24) is 10.9 Å². The van der Waals surface area contributed by atoms with Crippen LogP contribution in [0, 0.1) is 13.8 Å². The average molecular weight is 399 g/mol. The van der Waals surface area contributed by atoms with Crippen LogP contribution >= 0.6 is 11.8 Å². The molecule has 0 saturated carbocycles. The summed E-state index contributed by atoms with van der Waals surface area (Å²) >= 11 is 1.33. The summed E-state index contributed by atoms with van der Waals surface area (Å²) in [7, 11) is 0. The van der Waals surface area contributed by atoms with Crippen molar-refractivity contribution in [3.8, 4) is 5.75 Å². The standard InChI is InChI=1S/C20H21N3O4S/c1-12-6-5-7-13(2)19(12)27-11-18(25)23-22-17(24)10-16-20(26)21-14-8-3-4-9-15(14)28-16/h3-9,16H,10-11H2,1-2H3,(H,21,26)(H,22,24)(H,23,25)/t16-/m1/s1. The first-order chi connectivity index (χ1) is 13.4. The maximum absolute atomic E-state index is 12.1. The molecule has 1 aliphatic heterocycles. The molecular weight excluding hydrogens is 378 g/mol. The number of para-hydroxylation sites is 2.